The largest absolute Gasteiger partial charge is 0.486 e. The van der Waals surface area contributed by atoms with Gasteiger partial charge in [-0.1, -0.05) is 30.7 Å². The lowest BCUT2D eigenvalue weighted by atomic mass is 10.1. The molecular weight excluding hydrogens is 356 g/mol. The summed E-state index contributed by atoms with van der Waals surface area (Å²) < 4.78 is 11.0. The van der Waals surface area contributed by atoms with E-state index in [4.69, 9.17) is 21.1 Å². The maximum absolute atomic E-state index is 12.6. The van der Waals surface area contributed by atoms with Crippen LogP contribution in [0, 0.1) is 0 Å². The highest BCUT2D eigenvalue weighted by Crippen LogP contribution is 2.38. The van der Waals surface area contributed by atoms with Crippen LogP contribution in [-0.2, 0) is 0 Å². The lowest BCUT2D eigenvalue weighted by Crippen LogP contribution is -2.25. The van der Waals surface area contributed by atoms with Gasteiger partial charge < -0.3 is 20.1 Å². The summed E-state index contributed by atoms with van der Waals surface area (Å²) in [4.78, 5) is 24.9. The van der Waals surface area contributed by atoms with Crippen LogP contribution >= 0.6 is 11.6 Å². The molecule has 1 aliphatic heterocycles. The number of fused-ring (bicyclic) bond motifs is 1. The van der Waals surface area contributed by atoms with Crippen molar-refractivity contribution >= 4 is 29.1 Å². The van der Waals surface area contributed by atoms with Crippen molar-refractivity contribution in [2.75, 3.05) is 25.1 Å². The first-order chi connectivity index (χ1) is 12.6. The first-order valence-corrected chi connectivity index (χ1v) is 8.75. The zero-order chi connectivity index (χ0) is 18.5. The fraction of sp³-hybridized carbons (Fsp3) is 0.263. The molecule has 2 aromatic rings. The Morgan fingerprint density at radius 3 is 2.69 bits per heavy atom. The third kappa shape index (κ3) is 3.91. The van der Waals surface area contributed by atoms with E-state index in [1.54, 1.807) is 30.3 Å². The van der Waals surface area contributed by atoms with Crippen LogP contribution in [0.2, 0.25) is 5.02 Å². The second-order valence-electron chi connectivity index (χ2n) is 5.74. The van der Waals surface area contributed by atoms with Crippen LogP contribution in [0.4, 0.5) is 5.69 Å². The monoisotopic (exact) mass is 374 g/mol. The van der Waals surface area contributed by atoms with Crippen LogP contribution in [0.15, 0.2) is 36.4 Å². The fourth-order valence-corrected chi connectivity index (χ4v) is 2.83. The Morgan fingerprint density at radius 2 is 1.88 bits per heavy atom. The third-order valence-electron chi connectivity index (χ3n) is 3.81. The summed E-state index contributed by atoms with van der Waals surface area (Å²) in [7, 11) is 0. The minimum absolute atomic E-state index is 0.233. The normalized spacial score (nSPS) is 12.4. The van der Waals surface area contributed by atoms with E-state index in [1.165, 1.54) is 6.07 Å². The van der Waals surface area contributed by atoms with Crippen molar-refractivity contribution in [2.45, 2.75) is 13.3 Å². The Balaban J connectivity index is 1.83. The summed E-state index contributed by atoms with van der Waals surface area (Å²) in [6, 6.07) is 9.94. The number of ether oxygens (including phenoxy) is 2. The lowest BCUT2D eigenvalue weighted by Gasteiger charge is -2.20. The van der Waals surface area contributed by atoms with E-state index in [2.05, 4.69) is 10.6 Å². The number of carbonyl (C=O) groups excluding carboxylic acids is 2. The van der Waals surface area contributed by atoms with Crippen LogP contribution in [0.3, 0.4) is 0 Å². The predicted molar refractivity (Wildman–Crippen MR) is 99.5 cm³/mol. The van der Waals surface area contributed by atoms with Crippen molar-refractivity contribution in [3.8, 4) is 11.5 Å². The smallest absolute Gasteiger partial charge is 0.255 e. The van der Waals surface area contributed by atoms with E-state index in [9.17, 15) is 9.59 Å². The molecule has 136 valence electrons. The number of rotatable bonds is 5. The molecule has 26 heavy (non-hydrogen) atoms. The Hall–Kier alpha value is -2.73. The number of hydrogen-bond donors (Lipinski definition) is 2. The molecule has 0 unspecified atom stereocenters. The van der Waals surface area contributed by atoms with Gasteiger partial charge in [-0.2, -0.15) is 0 Å². The maximum atomic E-state index is 12.6. The van der Waals surface area contributed by atoms with Gasteiger partial charge in [0.2, 0.25) is 0 Å². The second kappa shape index (κ2) is 8.10. The van der Waals surface area contributed by atoms with Crippen molar-refractivity contribution in [1.82, 2.24) is 5.32 Å². The fourth-order valence-electron chi connectivity index (χ4n) is 2.56. The Kier molecular flexibility index (Phi) is 5.63. The van der Waals surface area contributed by atoms with Gasteiger partial charge >= 0.3 is 0 Å². The van der Waals surface area contributed by atoms with Crippen LogP contribution in [0.25, 0.3) is 0 Å². The van der Waals surface area contributed by atoms with Crippen LogP contribution < -0.4 is 20.1 Å². The zero-order valence-corrected chi connectivity index (χ0v) is 15.1. The van der Waals surface area contributed by atoms with Gasteiger partial charge in [-0.25, -0.2) is 0 Å². The molecule has 6 nitrogen and oxygen atoms in total. The summed E-state index contributed by atoms with van der Waals surface area (Å²) in [6.45, 7) is 3.35. The summed E-state index contributed by atoms with van der Waals surface area (Å²) in [5.74, 6) is 0.249. The molecule has 2 N–H and O–H groups in total. The van der Waals surface area contributed by atoms with E-state index in [0.717, 1.165) is 6.42 Å². The van der Waals surface area contributed by atoms with Gasteiger partial charge in [-0.15, -0.1) is 0 Å². The molecular formula is C19H19ClN2O4. The minimum Gasteiger partial charge on any atom is -0.486 e. The van der Waals surface area contributed by atoms with Crippen molar-refractivity contribution < 1.29 is 19.1 Å². The molecule has 3 rings (SSSR count). The molecule has 0 spiro atoms. The van der Waals surface area contributed by atoms with Crippen molar-refractivity contribution in [3.05, 3.63) is 52.5 Å². The Morgan fingerprint density at radius 1 is 1.12 bits per heavy atom. The van der Waals surface area contributed by atoms with Gasteiger partial charge in [0.15, 0.2) is 11.5 Å². The highest BCUT2D eigenvalue weighted by atomic mass is 35.5. The number of anilines is 1. The van der Waals surface area contributed by atoms with E-state index >= 15 is 0 Å². The number of carbonyl (C=O) groups is 2. The van der Waals surface area contributed by atoms with Gasteiger partial charge in [-0.3, -0.25) is 9.59 Å². The highest BCUT2D eigenvalue weighted by Gasteiger charge is 2.20. The lowest BCUT2D eigenvalue weighted by molar-refractivity contribution is 0.0954. The Labute approximate surface area is 156 Å². The highest BCUT2D eigenvalue weighted by molar-refractivity contribution is 6.32. The summed E-state index contributed by atoms with van der Waals surface area (Å²) >= 11 is 6.18. The molecule has 0 saturated heterocycles. The average Bonchev–Trinajstić information content (AvgIpc) is 2.66. The number of halogens is 1. The number of benzene rings is 2. The molecule has 0 aliphatic carbocycles. The van der Waals surface area contributed by atoms with Crippen LogP contribution in [-0.4, -0.2) is 31.6 Å². The van der Waals surface area contributed by atoms with E-state index in [-0.39, 0.29) is 11.8 Å². The summed E-state index contributed by atoms with van der Waals surface area (Å²) in [5, 5.41) is 5.87. The molecule has 2 aromatic carbocycles. The van der Waals surface area contributed by atoms with Crippen molar-refractivity contribution in [3.63, 3.8) is 0 Å². The van der Waals surface area contributed by atoms with E-state index in [1.807, 2.05) is 6.92 Å². The second-order valence-corrected chi connectivity index (χ2v) is 6.15. The molecule has 0 saturated carbocycles. The number of amides is 2. The van der Waals surface area contributed by atoms with Gasteiger partial charge in [0.1, 0.15) is 13.2 Å². The van der Waals surface area contributed by atoms with Crippen LogP contribution in [0.1, 0.15) is 34.1 Å². The number of para-hydroxylation sites is 1. The van der Waals surface area contributed by atoms with Gasteiger partial charge in [0.25, 0.3) is 11.8 Å². The number of hydrogen-bond acceptors (Lipinski definition) is 4. The molecule has 2 amide bonds. The molecule has 0 radical (unpaired) electrons. The first-order valence-electron chi connectivity index (χ1n) is 8.38. The molecule has 1 heterocycles. The standard InChI is InChI=1S/C19H19ClN2O4/c1-2-7-21-19(24)13-5-3-4-6-15(13)22-18(23)12-10-14(20)17-16(11-12)25-8-9-26-17/h3-6,10-11H,2,7-9H2,1H3,(H,21,24)(H,22,23). The van der Waals surface area contributed by atoms with Crippen molar-refractivity contribution in [1.29, 1.82) is 0 Å². The van der Waals surface area contributed by atoms with Gasteiger partial charge in [0, 0.05) is 12.1 Å². The molecule has 0 bridgehead atoms. The Bertz CT molecular complexity index is 838. The topological polar surface area (TPSA) is 76.7 Å². The van der Waals surface area contributed by atoms with Gasteiger partial charge in [-0.05, 0) is 30.7 Å². The SMILES string of the molecule is CCCNC(=O)c1ccccc1NC(=O)c1cc(Cl)c2c(c1)OCCO2. The third-order valence-corrected chi connectivity index (χ3v) is 4.10. The average molecular weight is 375 g/mol. The van der Waals surface area contributed by atoms with Crippen LogP contribution in [0.5, 0.6) is 11.5 Å². The van der Waals surface area contributed by atoms with Gasteiger partial charge in [0.05, 0.1) is 16.3 Å². The first kappa shape index (κ1) is 18.1. The molecule has 0 atom stereocenters. The van der Waals surface area contributed by atoms with Crippen molar-refractivity contribution in [2.24, 2.45) is 0 Å². The van der Waals surface area contributed by atoms with E-state index < -0.39 is 0 Å². The summed E-state index contributed by atoms with van der Waals surface area (Å²) in [6.07, 6.45) is 0.829. The summed E-state index contributed by atoms with van der Waals surface area (Å²) in [5.41, 5.74) is 1.15. The molecule has 7 heteroatoms. The quantitative estimate of drug-likeness (QED) is 0.839. The van der Waals surface area contributed by atoms with E-state index in [0.29, 0.717) is 53.1 Å². The minimum atomic E-state index is -0.389. The zero-order valence-electron chi connectivity index (χ0n) is 14.3. The molecule has 0 aromatic heterocycles. The molecule has 1 aliphatic rings. The predicted octanol–water partition coefficient (Wildman–Crippen LogP) is 3.50. The number of nitrogens with one attached hydrogen (secondary N) is 2. The maximum Gasteiger partial charge on any atom is 0.255 e. The molecule has 0 fully saturated rings.